The molecule has 1 saturated heterocycles. The predicted octanol–water partition coefficient (Wildman–Crippen LogP) is 5.05. The highest BCUT2D eigenvalue weighted by molar-refractivity contribution is 7.15. The fourth-order valence-electron chi connectivity index (χ4n) is 3.99. The number of hydrogen-bond donors (Lipinski definition) is 1. The van der Waals surface area contributed by atoms with Gasteiger partial charge >= 0.3 is 0 Å². The first-order valence-electron chi connectivity index (χ1n) is 10.4. The van der Waals surface area contributed by atoms with Gasteiger partial charge in [0, 0.05) is 24.0 Å². The largest absolute Gasteiger partial charge is 0.354 e. The maximum absolute atomic E-state index is 4.91. The normalized spacial score (nSPS) is 14.0. The van der Waals surface area contributed by atoms with E-state index in [2.05, 4.69) is 46.8 Å². The molecule has 0 atom stereocenters. The lowest BCUT2D eigenvalue weighted by Crippen LogP contribution is -2.21. The van der Waals surface area contributed by atoms with Gasteiger partial charge in [0.15, 0.2) is 11.6 Å². The zero-order valence-corrected chi connectivity index (χ0v) is 17.9. The molecule has 1 N–H and O–H groups in total. The number of para-hydroxylation sites is 2. The molecule has 31 heavy (non-hydrogen) atoms. The van der Waals surface area contributed by atoms with Gasteiger partial charge in [0.2, 0.25) is 10.9 Å². The molecule has 1 fully saturated rings. The molecule has 4 heterocycles. The predicted molar refractivity (Wildman–Crippen MR) is 125 cm³/mol. The van der Waals surface area contributed by atoms with Crippen LogP contribution in [0.2, 0.25) is 0 Å². The van der Waals surface area contributed by atoms with Gasteiger partial charge in [-0.05, 0) is 31.9 Å². The van der Waals surface area contributed by atoms with E-state index in [1.54, 1.807) is 11.3 Å². The van der Waals surface area contributed by atoms with Crippen LogP contribution in [0.4, 0.5) is 17.6 Å². The summed E-state index contributed by atoms with van der Waals surface area (Å²) in [5.74, 6) is 2.11. The maximum atomic E-state index is 4.91. The van der Waals surface area contributed by atoms with E-state index in [4.69, 9.17) is 20.1 Å². The first kappa shape index (κ1) is 18.3. The van der Waals surface area contributed by atoms with Crippen LogP contribution in [0.1, 0.15) is 18.4 Å². The van der Waals surface area contributed by atoms with Crippen LogP contribution in [0, 0.1) is 6.92 Å². The van der Waals surface area contributed by atoms with Crippen LogP contribution in [0.3, 0.4) is 0 Å². The highest BCUT2D eigenvalue weighted by Gasteiger charge is 2.21. The standard InChI is InChI=1S/C23H21N7S/c1-15-8-10-16(11-9-15)19-14-31-23-27-22(28-30(19)23)26-20-21(29-12-4-5-13-29)25-18-7-3-2-6-17(18)24-20/h2-3,6-11,14H,4-5,12-13H2,1H3,(H,24,26,28). The Morgan fingerprint density at radius 1 is 0.903 bits per heavy atom. The number of anilines is 3. The molecule has 7 nitrogen and oxygen atoms in total. The molecule has 0 saturated carbocycles. The lowest BCUT2D eigenvalue weighted by molar-refractivity contribution is 0.936. The molecule has 1 aliphatic heterocycles. The van der Waals surface area contributed by atoms with E-state index in [9.17, 15) is 0 Å². The van der Waals surface area contributed by atoms with E-state index < -0.39 is 0 Å². The van der Waals surface area contributed by atoms with Gasteiger partial charge in [-0.3, -0.25) is 0 Å². The van der Waals surface area contributed by atoms with Crippen molar-refractivity contribution < 1.29 is 0 Å². The number of rotatable bonds is 4. The quantitative estimate of drug-likeness (QED) is 0.433. The third kappa shape index (κ3) is 3.29. The number of thiazole rings is 1. The smallest absolute Gasteiger partial charge is 0.249 e. The van der Waals surface area contributed by atoms with Gasteiger partial charge in [0.1, 0.15) is 0 Å². The fraction of sp³-hybridized carbons (Fsp3) is 0.217. The first-order valence-corrected chi connectivity index (χ1v) is 11.3. The van der Waals surface area contributed by atoms with Crippen molar-refractivity contribution in [3.05, 3.63) is 59.5 Å². The topological polar surface area (TPSA) is 71.2 Å². The molecule has 0 radical (unpaired) electrons. The average Bonchev–Trinajstić information content (AvgIpc) is 3.52. The second-order valence-electron chi connectivity index (χ2n) is 7.82. The van der Waals surface area contributed by atoms with E-state index in [-0.39, 0.29) is 0 Å². The van der Waals surface area contributed by atoms with Crippen molar-refractivity contribution in [1.29, 1.82) is 0 Å². The zero-order valence-electron chi connectivity index (χ0n) is 17.1. The van der Waals surface area contributed by atoms with E-state index >= 15 is 0 Å². The Kier molecular flexibility index (Phi) is 4.31. The van der Waals surface area contributed by atoms with Gasteiger partial charge in [0.05, 0.1) is 16.7 Å². The van der Waals surface area contributed by atoms with Crippen LogP contribution in [-0.2, 0) is 0 Å². The van der Waals surface area contributed by atoms with E-state index in [0.717, 1.165) is 46.2 Å². The van der Waals surface area contributed by atoms with Crippen molar-refractivity contribution in [3.63, 3.8) is 0 Å². The molecular weight excluding hydrogens is 406 g/mol. The molecule has 0 amide bonds. The third-order valence-corrected chi connectivity index (χ3v) is 6.43. The van der Waals surface area contributed by atoms with Gasteiger partial charge in [0.25, 0.3) is 0 Å². The highest BCUT2D eigenvalue weighted by atomic mass is 32.1. The molecule has 0 unspecified atom stereocenters. The van der Waals surface area contributed by atoms with Gasteiger partial charge in [-0.25, -0.2) is 14.5 Å². The number of fused-ring (bicyclic) bond motifs is 2. The van der Waals surface area contributed by atoms with E-state index in [1.165, 1.54) is 18.4 Å². The molecule has 0 bridgehead atoms. The van der Waals surface area contributed by atoms with Gasteiger partial charge in [-0.2, -0.15) is 4.98 Å². The summed E-state index contributed by atoms with van der Waals surface area (Å²) in [6, 6.07) is 16.4. The molecule has 5 aromatic rings. The van der Waals surface area contributed by atoms with Crippen LogP contribution in [-0.4, -0.2) is 37.7 Å². The van der Waals surface area contributed by atoms with Crippen molar-refractivity contribution in [3.8, 4) is 11.3 Å². The zero-order chi connectivity index (χ0) is 20.8. The molecular formula is C23H21N7S. The summed E-state index contributed by atoms with van der Waals surface area (Å²) < 4.78 is 1.89. The molecule has 1 aliphatic rings. The summed E-state index contributed by atoms with van der Waals surface area (Å²) in [6.07, 6.45) is 2.35. The fourth-order valence-corrected chi connectivity index (χ4v) is 4.82. The second kappa shape index (κ2) is 7.31. The molecule has 2 aromatic carbocycles. The molecule has 6 rings (SSSR count). The van der Waals surface area contributed by atoms with Crippen LogP contribution in [0.15, 0.2) is 53.9 Å². The molecule has 154 valence electrons. The number of aryl methyl sites for hydroxylation is 1. The number of nitrogens with zero attached hydrogens (tertiary/aromatic N) is 6. The molecule has 8 heteroatoms. The summed E-state index contributed by atoms with van der Waals surface area (Å²) in [5.41, 5.74) is 5.15. The summed E-state index contributed by atoms with van der Waals surface area (Å²) in [5, 5.41) is 10.2. The molecule has 0 spiro atoms. The van der Waals surface area contributed by atoms with Gasteiger partial charge in [-0.15, -0.1) is 16.4 Å². The van der Waals surface area contributed by atoms with Crippen molar-refractivity contribution in [2.45, 2.75) is 19.8 Å². The highest BCUT2D eigenvalue weighted by Crippen LogP contribution is 2.31. The Labute approximate surface area is 183 Å². The summed E-state index contributed by atoms with van der Waals surface area (Å²) in [7, 11) is 0. The summed E-state index contributed by atoms with van der Waals surface area (Å²) >= 11 is 1.58. The monoisotopic (exact) mass is 427 g/mol. The minimum atomic E-state index is 0.533. The second-order valence-corrected chi connectivity index (χ2v) is 8.66. The average molecular weight is 428 g/mol. The minimum absolute atomic E-state index is 0.533. The van der Waals surface area contributed by atoms with Crippen LogP contribution in [0.25, 0.3) is 27.3 Å². The lowest BCUT2D eigenvalue weighted by Gasteiger charge is -2.19. The van der Waals surface area contributed by atoms with Crippen molar-refractivity contribution in [2.24, 2.45) is 0 Å². The van der Waals surface area contributed by atoms with Crippen molar-refractivity contribution in [1.82, 2.24) is 24.6 Å². The Balaban J connectivity index is 1.40. The number of benzene rings is 2. The molecule has 3 aromatic heterocycles. The summed E-state index contributed by atoms with van der Waals surface area (Å²) in [6.45, 7) is 4.07. The Hall–Kier alpha value is -3.52. The lowest BCUT2D eigenvalue weighted by atomic mass is 10.1. The van der Waals surface area contributed by atoms with Gasteiger partial charge in [-0.1, -0.05) is 42.0 Å². The Morgan fingerprint density at radius 2 is 1.65 bits per heavy atom. The van der Waals surface area contributed by atoms with Crippen molar-refractivity contribution >= 4 is 44.9 Å². The molecule has 0 aliphatic carbocycles. The minimum Gasteiger partial charge on any atom is -0.354 e. The SMILES string of the molecule is Cc1ccc(-c2csc3nc(Nc4nc5ccccc5nc4N4CCCC4)nn23)cc1. The van der Waals surface area contributed by atoms with Crippen LogP contribution < -0.4 is 10.2 Å². The van der Waals surface area contributed by atoms with Crippen molar-refractivity contribution in [2.75, 3.05) is 23.3 Å². The van der Waals surface area contributed by atoms with Crippen LogP contribution in [0.5, 0.6) is 0 Å². The Bertz CT molecular complexity index is 1380. The number of nitrogens with one attached hydrogen (secondary N) is 1. The van der Waals surface area contributed by atoms with Gasteiger partial charge < -0.3 is 10.2 Å². The third-order valence-electron chi connectivity index (χ3n) is 5.62. The summed E-state index contributed by atoms with van der Waals surface area (Å²) in [4.78, 5) is 17.6. The van der Waals surface area contributed by atoms with E-state index in [1.807, 2.05) is 28.8 Å². The maximum Gasteiger partial charge on any atom is 0.249 e. The van der Waals surface area contributed by atoms with E-state index in [0.29, 0.717) is 11.8 Å². The number of hydrogen-bond acceptors (Lipinski definition) is 7. The first-order chi connectivity index (χ1) is 15.2. The van der Waals surface area contributed by atoms with Crippen LogP contribution >= 0.6 is 11.3 Å². The number of aromatic nitrogens is 5. The Morgan fingerprint density at radius 3 is 2.42 bits per heavy atom.